The van der Waals surface area contributed by atoms with Crippen LogP contribution in [0, 0.1) is 0 Å². The third-order valence-corrected chi connectivity index (χ3v) is 4.17. The zero-order valence-corrected chi connectivity index (χ0v) is 11.7. The topological polar surface area (TPSA) is 15.6 Å². The highest BCUT2D eigenvalue weighted by Crippen LogP contribution is 2.19. The molecule has 0 saturated heterocycles. The van der Waals surface area contributed by atoms with Gasteiger partial charge in [0, 0.05) is 18.8 Å². The molecule has 0 aromatic carbocycles. The van der Waals surface area contributed by atoms with Crippen LogP contribution in [0.3, 0.4) is 0 Å². The Balaban J connectivity index is 1.91. The molecule has 1 atom stereocenters. The lowest BCUT2D eigenvalue weighted by molar-refractivity contribution is 0.187. The molecule has 2 aliphatic rings. The van der Waals surface area contributed by atoms with E-state index in [2.05, 4.69) is 28.3 Å². The van der Waals surface area contributed by atoms with E-state index in [1.807, 2.05) is 0 Å². The van der Waals surface area contributed by atoms with Crippen LogP contribution in [0.2, 0.25) is 0 Å². The Morgan fingerprint density at radius 1 is 0.889 bits per heavy atom. The normalized spacial score (nSPS) is 32.1. The van der Waals surface area contributed by atoms with Crippen molar-refractivity contribution in [2.75, 3.05) is 13.2 Å². The zero-order valence-electron chi connectivity index (χ0n) is 11.7. The number of rotatable bonds is 1. The highest BCUT2D eigenvalue weighted by atomic mass is 15.2. The van der Waals surface area contributed by atoms with Crippen molar-refractivity contribution in [3.63, 3.8) is 0 Å². The molecule has 0 fully saturated rings. The molecule has 102 valence electrons. The van der Waals surface area contributed by atoms with Gasteiger partial charge in [0.25, 0.3) is 0 Å². The lowest BCUT2D eigenvalue weighted by atomic mass is 10.0. The first-order valence-corrected chi connectivity index (χ1v) is 7.84. The molecule has 2 heteroatoms. The largest absolute Gasteiger partial charge is 0.282 e. The maximum Gasteiger partial charge on any atom is 0.0907 e. The Morgan fingerprint density at radius 2 is 1.78 bits per heavy atom. The van der Waals surface area contributed by atoms with Crippen LogP contribution in [0.15, 0.2) is 17.1 Å². The SMILES string of the molecule is C1=C/CC(N2CCCCC/C=N/C2)CCCCC/1. The van der Waals surface area contributed by atoms with Crippen LogP contribution in [0.4, 0.5) is 0 Å². The van der Waals surface area contributed by atoms with Crippen LogP contribution in [0.5, 0.6) is 0 Å². The smallest absolute Gasteiger partial charge is 0.0907 e. The van der Waals surface area contributed by atoms with Gasteiger partial charge in [-0.2, -0.15) is 0 Å². The minimum absolute atomic E-state index is 0.731. The molecular weight excluding hydrogens is 220 g/mol. The van der Waals surface area contributed by atoms with Crippen LogP contribution in [0.25, 0.3) is 0 Å². The number of aliphatic imine (C=N–C) groups is 1. The van der Waals surface area contributed by atoms with Crippen LogP contribution in [0.1, 0.15) is 64.2 Å². The van der Waals surface area contributed by atoms with E-state index in [1.165, 1.54) is 70.8 Å². The van der Waals surface area contributed by atoms with Gasteiger partial charge >= 0.3 is 0 Å². The minimum atomic E-state index is 0.731. The molecule has 1 unspecified atom stereocenters. The molecular formula is C16H28N2. The minimum Gasteiger partial charge on any atom is -0.282 e. The molecule has 0 aromatic rings. The van der Waals surface area contributed by atoms with E-state index < -0.39 is 0 Å². The van der Waals surface area contributed by atoms with Gasteiger partial charge in [0.1, 0.15) is 0 Å². The Morgan fingerprint density at radius 3 is 2.78 bits per heavy atom. The van der Waals surface area contributed by atoms with Crippen molar-refractivity contribution < 1.29 is 0 Å². The summed E-state index contributed by atoms with van der Waals surface area (Å²) in [7, 11) is 0. The van der Waals surface area contributed by atoms with Crippen LogP contribution < -0.4 is 0 Å². The Kier molecular flexibility index (Phi) is 6.49. The predicted octanol–water partition coefficient (Wildman–Crippen LogP) is 4.17. The van der Waals surface area contributed by atoms with E-state index in [0.717, 1.165) is 12.7 Å². The van der Waals surface area contributed by atoms with Gasteiger partial charge in [-0.3, -0.25) is 9.89 Å². The lowest BCUT2D eigenvalue weighted by Crippen LogP contribution is -2.36. The van der Waals surface area contributed by atoms with Crippen molar-refractivity contribution >= 4 is 6.21 Å². The second-order valence-electron chi connectivity index (χ2n) is 5.67. The van der Waals surface area contributed by atoms with Gasteiger partial charge in [-0.15, -0.1) is 0 Å². The van der Waals surface area contributed by atoms with Gasteiger partial charge < -0.3 is 0 Å². The summed E-state index contributed by atoms with van der Waals surface area (Å²) < 4.78 is 0. The molecule has 0 spiro atoms. The van der Waals surface area contributed by atoms with E-state index in [4.69, 9.17) is 0 Å². The summed E-state index contributed by atoms with van der Waals surface area (Å²) in [5, 5.41) is 0. The van der Waals surface area contributed by atoms with E-state index in [-0.39, 0.29) is 0 Å². The molecule has 1 aliphatic carbocycles. The first-order valence-electron chi connectivity index (χ1n) is 7.84. The van der Waals surface area contributed by atoms with Crippen LogP contribution in [-0.2, 0) is 0 Å². The Labute approximate surface area is 112 Å². The monoisotopic (exact) mass is 248 g/mol. The number of nitrogens with zero attached hydrogens (tertiary/aromatic N) is 2. The maximum absolute atomic E-state index is 4.60. The highest BCUT2D eigenvalue weighted by molar-refractivity contribution is 5.56. The maximum atomic E-state index is 4.60. The standard InChI is InChI=1S/C16H28N2/c1-2-4-8-12-16(11-7-3-1)18-14-10-6-5-9-13-17-15-18/h3,7,13,16H,1-2,4-6,8-12,14-15H2/b7-3+,17-13+. The van der Waals surface area contributed by atoms with Crippen LogP contribution >= 0.6 is 0 Å². The van der Waals surface area contributed by atoms with Gasteiger partial charge in [0.2, 0.25) is 0 Å². The fraction of sp³-hybridized carbons (Fsp3) is 0.812. The van der Waals surface area contributed by atoms with Gasteiger partial charge in [-0.05, 0) is 44.9 Å². The number of hydrogen-bond acceptors (Lipinski definition) is 2. The first kappa shape index (κ1) is 13.8. The zero-order chi connectivity index (χ0) is 12.5. The average Bonchev–Trinajstić information content (AvgIpc) is 2.61. The lowest BCUT2D eigenvalue weighted by Gasteiger charge is -2.29. The van der Waals surface area contributed by atoms with Gasteiger partial charge in [0.05, 0.1) is 6.67 Å². The fourth-order valence-corrected chi connectivity index (χ4v) is 2.99. The average molecular weight is 248 g/mol. The molecule has 2 rings (SSSR count). The van der Waals surface area contributed by atoms with Gasteiger partial charge in [0.15, 0.2) is 0 Å². The molecule has 0 saturated carbocycles. The van der Waals surface area contributed by atoms with Crippen molar-refractivity contribution in [1.29, 1.82) is 0 Å². The van der Waals surface area contributed by atoms with E-state index in [9.17, 15) is 0 Å². The summed E-state index contributed by atoms with van der Waals surface area (Å²) in [5.41, 5.74) is 0. The molecule has 0 amide bonds. The van der Waals surface area contributed by atoms with E-state index >= 15 is 0 Å². The van der Waals surface area contributed by atoms with Crippen LogP contribution in [-0.4, -0.2) is 30.4 Å². The third-order valence-electron chi connectivity index (χ3n) is 4.17. The molecule has 2 nitrogen and oxygen atoms in total. The third kappa shape index (κ3) is 4.93. The Bertz CT molecular complexity index is 242. The molecule has 1 aliphatic heterocycles. The van der Waals surface area contributed by atoms with Crippen molar-refractivity contribution in [2.24, 2.45) is 4.99 Å². The molecule has 1 heterocycles. The van der Waals surface area contributed by atoms with Gasteiger partial charge in [-0.1, -0.05) is 31.4 Å². The second-order valence-corrected chi connectivity index (χ2v) is 5.67. The summed E-state index contributed by atoms with van der Waals surface area (Å²) >= 11 is 0. The van der Waals surface area contributed by atoms with Gasteiger partial charge in [-0.25, -0.2) is 0 Å². The van der Waals surface area contributed by atoms with Crippen molar-refractivity contribution in [3.8, 4) is 0 Å². The molecule has 0 radical (unpaired) electrons. The molecule has 18 heavy (non-hydrogen) atoms. The summed E-state index contributed by atoms with van der Waals surface area (Å²) in [4.78, 5) is 7.22. The van der Waals surface area contributed by atoms with Crippen molar-refractivity contribution in [3.05, 3.63) is 12.2 Å². The van der Waals surface area contributed by atoms with E-state index in [1.54, 1.807) is 0 Å². The summed E-state index contributed by atoms with van der Waals surface area (Å²) in [6, 6.07) is 0.731. The summed E-state index contributed by atoms with van der Waals surface area (Å²) in [6.45, 7) is 2.17. The quantitative estimate of drug-likeness (QED) is 0.636. The summed E-state index contributed by atoms with van der Waals surface area (Å²) in [5.74, 6) is 0. The second kappa shape index (κ2) is 8.47. The van der Waals surface area contributed by atoms with Crippen molar-refractivity contribution in [1.82, 2.24) is 4.90 Å². The molecule has 0 bridgehead atoms. The molecule has 0 aromatic heterocycles. The molecule has 0 N–H and O–H groups in total. The number of allylic oxidation sites excluding steroid dienone is 1. The fourth-order valence-electron chi connectivity index (χ4n) is 2.99. The predicted molar refractivity (Wildman–Crippen MR) is 79.2 cm³/mol. The Hall–Kier alpha value is -0.630. The highest BCUT2D eigenvalue weighted by Gasteiger charge is 2.17. The number of hydrogen-bond donors (Lipinski definition) is 0. The first-order chi connectivity index (χ1) is 8.97. The summed E-state index contributed by atoms with van der Waals surface area (Å²) in [6.07, 6.45) is 20.2. The van der Waals surface area contributed by atoms with Crippen molar-refractivity contribution in [2.45, 2.75) is 70.3 Å². The van der Waals surface area contributed by atoms with E-state index in [0.29, 0.717) is 0 Å².